The summed E-state index contributed by atoms with van der Waals surface area (Å²) in [4.78, 5) is 4.28. The molecule has 2 rings (SSSR count). The van der Waals surface area contributed by atoms with Crippen LogP contribution in [-0.4, -0.2) is 24.7 Å². The summed E-state index contributed by atoms with van der Waals surface area (Å²) in [5.41, 5.74) is 2.20. The van der Waals surface area contributed by atoms with Crippen LogP contribution in [0, 0.1) is 0 Å². The van der Waals surface area contributed by atoms with Crippen LogP contribution >= 0.6 is 15.9 Å². The number of aromatic nitrogens is 1. The Morgan fingerprint density at radius 1 is 1.28 bits per heavy atom. The standard InChI is InChI=1S/C19H27BrN4O/c1-13(2)17-10-16(25-24-17)11-22-18(21-5)23-12-19(3,4)14-7-6-8-15(20)9-14/h6-10,13H,11-12H2,1-5H3,(H2,21,22,23). The number of guanidine groups is 1. The highest BCUT2D eigenvalue weighted by Crippen LogP contribution is 2.25. The van der Waals surface area contributed by atoms with E-state index in [1.165, 1.54) is 5.56 Å². The third-order valence-corrected chi connectivity index (χ3v) is 4.62. The molecule has 1 aromatic carbocycles. The molecule has 1 aromatic heterocycles. The summed E-state index contributed by atoms with van der Waals surface area (Å²) in [6.45, 7) is 9.92. The summed E-state index contributed by atoms with van der Waals surface area (Å²) < 4.78 is 6.44. The number of rotatable bonds is 6. The van der Waals surface area contributed by atoms with Gasteiger partial charge in [0, 0.05) is 29.5 Å². The molecule has 0 radical (unpaired) electrons. The van der Waals surface area contributed by atoms with E-state index < -0.39 is 0 Å². The topological polar surface area (TPSA) is 62.5 Å². The van der Waals surface area contributed by atoms with Gasteiger partial charge in [0.15, 0.2) is 11.7 Å². The van der Waals surface area contributed by atoms with Crippen LogP contribution < -0.4 is 10.6 Å². The van der Waals surface area contributed by atoms with E-state index in [0.717, 1.165) is 28.4 Å². The van der Waals surface area contributed by atoms with Crippen LogP contribution in [0.25, 0.3) is 0 Å². The van der Waals surface area contributed by atoms with Crippen molar-refractivity contribution in [2.24, 2.45) is 4.99 Å². The Hall–Kier alpha value is -1.82. The fraction of sp³-hybridized carbons (Fsp3) is 0.474. The molecule has 5 nitrogen and oxygen atoms in total. The lowest BCUT2D eigenvalue weighted by Gasteiger charge is -2.27. The molecule has 6 heteroatoms. The summed E-state index contributed by atoms with van der Waals surface area (Å²) in [7, 11) is 1.77. The van der Waals surface area contributed by atoms with Gasteiger partial charge in [-0.15, -0.1) is 0 Å². The maximum absolute atomic E-state index is 5.35. The number of nitrogens with zero attached hydrogens (tertiary/aromatic N) is 2. The summed E-state index contributed by atoms with van der Waals surface area (Å²) in [6, 6.07) is 10.4. The summed E-state index contributed by atoms with van der Waals surface area (Å²) in [6.07, 6.45) is 0. The van der Waals surface area contributed by atoms with E-state index in [2.05, 4.69) is 82.6 Å². The first kappa shape index (κ1) is 19.5. The van der Waals surface area contributed by atoms with Crippen molar-refractivity contribution >= 4 is 21.9 Å². The summed E-state index contributed by atoms with van der Waals surface area (Å²) >= 11 is 3.54. The number of aliphatic imine (C=N–C) groups is 1. The Bertz CT molecular complexity index is 722. The third-order valence-electron chi connectivity index (χ3n) is 4.13. The van der Waals surface area contributed by atoms with Crippen LogP contribution in [0.1, 0.15) is 50.6 Å². The number of nitrogens with one attached hydrogen (secondary N) is 2. The fourth-order valence-electron chi connectivity index (χ4n) is 2.39. The molecule has 0 atom stereocenters. The summed E-state index contributed by atoms with van der Waals surface area (Å²) in [5.74, 6) is 1.91. The van der Waals surface area contributed by atoms with E-state index >= 15 is 0 Å². The monoisotopic (exact) mass is 406 g/mol. The van der Waals surface area contributed by atoms with E-state index in [-0.39, 0.29) is 5.41 Å². The SMILES string of the molecule is CN=C(NCc1cc(C(C)C)no1)NCC(C)(C)c1cccc(Br)c1. The smallest absolute Gasteiger partial charge is 0.191 e. The minimum atomic E-state index is -0.0293. The molecule has 2 aromatic rings. The molecule has 0 amide bonds. The lowest BCUT2D eigenvalue weighted by Crippen LogP contribution is -2.43. The lowest BCUT2D eigenvalue weighted by molar-refractivity contribution is 0.371. The molecule has 2 N–H and O–H groups in total. The largest absolute Gasteiger partial charge is 0.359 e. The summed E-state index contributed by atoms with van der Waals surface area (Å²) in [5, 5.41) is 10.7. The van der Waals surface area contributed by atoms with Crippen molar-refractivity contribution in [3.05, 3.63) is 51.8 Å². The Kier molecular flexibility index (Phi) is 6.64. The highest BCUT2D eigenvalue weighted by molar-refractivity contribution is 9.10. The highest BCUT2D eigenvalue weighted by atomic mass is 79.9. The van der Waals surface area contributed by atoms with E-state index in [1.807, 2.05) is 12.1 Å². The second-order valence-electron chi connectivity index (χ2n) is 7.05. The van der Waals surface area contributed by atoms with E-state index in [1.54, 1.807) is 7.05 Å². The fourth-order valence-corrected chi connectivity index (χ4v) is 2.79. The molecular weight excluding hydrogens is 380 g/mol. The van der Waals surface area contributed by atoms with Gasteiger partial charge < -0.3 is 15.2 Å². The van der Waals surface area contributed by atoms with E-state index in [0.29, 0.717) is 12.5 Å². The molecule has 25 heavy (non-hydrogen) atoms. The van der Waals surface area contributed by atoms with Gasteiger partial charge in [0.2, 0.25) is 0 Å². The molecule has 0 aliphatic carbocycles. The van der Waals surface area contributed by atoms with Crippen LogP contribution in [0.5, 0.6) is 0 Å². The molecule has 0 aliphatic heterocycles. The predicted molar refractivity (Wildman–Crippen MR) is 106 cm³/mol. The van der Waals surface area contributed by atoms with Gasteiger partial charge in [0.1, 0.15) is 0 Å². The van der Waals surface area contributed by atoms with Gasteiger partial charge in [-0.1, -0.05) is 60.9 Å². The molecule has 0 unspecified atom stereocenters. The predicted octanol–water partition coefficient (Wildman–Crippen LogP) is 4.20. The maximum Gasteiger partial charge on any atom is 0.191 e. The van der Waals surface area contributed by atoms with Crippen LogP contribution in [0.4, 0.5) is 0 Å². The average molecular weight is 407 g/mol. The van der Waals surface area contributed by atoms with Gasteiger partial charge in [-0.2, -0.15) is 0 Å². The first-order valence-corrected chi connectivity index (χ1v) is 9.27. The van der Waals surface area contributed by atoms with Crippen LogP contribution in [0.15, 0.2) is 44.3 Å². The zero-order chi connectivity index (χ0) is 18.4. The number of benzene rings is 1. The van der Waals surface area contributed by atoms with Crippen molar-refractivity contribution in [2.75, 3.05) is 13.6 Å². The first-order chi connectivity index (χ1) is 11.8. The molecule has 0 bridgehead atoms. The zero-order valence-electron chi connectivity index (χ0n) is 15.6. The Morgan fingerprint density at radius 2 is 2.04 bits per heavy atom. The van der Waals surface area contributed by atoms with Gasteiger partial charge in [0.05, 0.1) is 12.2 Å². The number of halogens is 1. The van der Waals surface area contributed by atoms with Gasteiger partial charge in [-0.3, -0.25) is 4.99 Å². The molecule has 0 fully saturated rings. The number of hydrogen-bond acceptors (Lipinski definition) is 3. The molecular formula is C19H27BrN4O. The third kappa shape index (κ3) is 5.59. The quantitative estimate of drug-likeness (QED) is 0.557. The van der Waals surface area contributed by atoms with Gasteiger partial charge >= 0.3 is 0 Å². The highest BCUT2D eigenvalue weighted by Gasteiger charge is 2.21. The second kappa shape index (κ2) is 8.52. The van der Waals surface area contributed by atoms with Crippen molar-refractivity contribution in [3.8, 4) is 0 Å². The molecule has 0 aliphatic rings. The Morgan fingerprint density at radius 3 is 2.64 bits per heavy atom. The van der Waals surface area contributed by atoms with Crippen LogP contribution in [0.2, 0.25) is 0 Å². The lowest BCUT2D eigenvalue weighted by atomic mass is 9.85. The Labute approximate surface area is 158 Å². The van der Waals surface area contributed by atoms with E-state index in [9.17, 15) is 0 Å². The van der Waals surface area contributed by atoms with Crippen LogP contribution in [0.3, 0.4) is 0 Å². The zero-order valence-corrected chi connectivity index (χ0v) is 17.1. The number of hydrogen-bond donors (Lipinski definition) is 2. The van der Waals surface area contributed by atoms with Crippen molar-refractivity contribution < 1.29 is 4.52 Å². The normalized spacial score (nSPS) is 12.5. The van der Waals surface area contributed by atoms with Gasteiger partial charge in [-0.05, 0) is 23.6 Å². The maximum atomic E-state index is 5.35. The Balaban J connectivity index is 1.91. The minimum Gasteiger partial charge on any atom is -0.359 e. The van der Waals surface area contributed by atoms with Crippen molar-refractivity contribution in [1.82, 2.24) is 15.8 Å². The van der Waals surface area contributed by atoms with E-state index in [4.69, 9.17) is 4.52 Å². The first-order valence-electron chi connectivity index (χ1n) is 8.48. The van der Waals surface area contributed by atoms with Crippen molar-refractivity contribution in [2.45, 2.75) is 45.6 Å². The molecule has 0 saturated heterocycles. The van der Waals surface area contributed by atoms with Gasteiger partial charge in [0.25, 0.3) is 0 Å². The van der Waals surface area contributed by atoms with Crippen molar-refractivity contribution in [1.29, 1.82) is 0 Å². The second-order valence-corrected chi connectivity index (χ2v) is 7.96. The van der Waals surface area contributed by atoms with Crippen LogP contribution in [-0.2, 0) is 12.0 Å². The molecule has 0 saturated carbocycles. The van der Waals surface area contributed by atoms with Crippen molar-refractivity contribution in [3.63, 3.8) is 0 Å². The minimum absolute atomic E-state index is 0.0293. The van der Waals surface area contributed by atoms with Gasteiger partial charge in [-0.25, -0.2) is 0 Å². The molecule has 0 spiro atoms. The molecule has 136 valence electrons. The molecule has 1 heterocycles. The average Bonchev–Trinajstić information content (AvgIpc) is 3.04.